The number of hydrogen-bond acceptors (Lipinski definition) is 6. The Labute approximate surface area is 146 Å². The van der Waals surface area contributed by atoms with Crippen molar-refractivity contribution in [3.05, 3.63) is 27.9 Å². The predicted molar refractivity (Wildman–Crippen MR) is 98.0 cm³/mol. The molecule has 0 unspecified atom stereocenters. The van der Waals surface area contributed by atoms with Crippen LogP contribution in [0, 0.1) is 0 Å². The van der Waals surface area contributed by atoms with Crippen molar-refractivity contribution in [3.8, 4) is 11.5 Å². The summed E-state index contributed by atoms with van der Waals surface area (Å²) in [4.78, 5) is 16.4. The molecule has 1 aromatic carbocycles. The van der Waals surface area contributed by atoms with E-state index in [0.717, 1.165) is 20.2 Å². The van der Waals surface area contributed by atoms with Crippen LogP contribution in [0.25, 0.3) is 6.08 Å². The summed E-state index contributed by atoms with van der Waals surface area (Å²) in [6.45, 7) is 4.48. The van der Waals surface area contributed by atoms with Crippen LogP contribution in [-0.2, 0) is 4.79 Å². The van der Waals surface area contributed by atoms with Gasteiger partial charge in [0.15, 0.2) is 11.5 Å². The summed E-state index contributed by atoms with van der Waals surface area (Å²) < 4.78 is 12.5. The fourth-order valence-electron chi connectivity index (χ4n) is 1.86. The highest BCUT2D eigenvalue weighted by Gasteiger charge is 2.22. The molecule has 0 fully saturated rings. The molecular formula is C15H16BrNO3S2. The van der Waals surface area contributed by atoms with Crippen molar-refractivity contribution in [1.82, 2.24) is 0 Å². The van der Waals surface area contributed by atoms with Gasteiger partial charge in [0.2, 0.25) is 5.12 Å². The summed E-state index contributed by atoms with van der Waals surface area (Å²) in [5.74, 6) is 2.17. The molecule has 118 valence electrons. The molecule has 0 atom stereocenters. The first-order valence-electron chi connectivity index (χ1n) is 6.74. The van der Waals surface area contributed by atoms with Crippen LogP contribution in [0.4, 0.5) is 0 Å². The number of ether oxygens (including phenoxy) is 2. The highest BCUT2D eigenvalue weighted by molar-refractivity contribution is 9.10. The van der Waals surface area contributed by atoms with Crippen LogP contribution in [0.2, 0.25) is 0 Å². The average molecular weight is 402 g/mol. The first-order chi connectivity index (χ1) is 10.6. The van der Waals surface area contributed by atoms with Crippen LogP contribution in [0.3, 0.4) is 0 Å². The lowest BCUT2D eigenvalue weighted by molar-refractivity contribution is -0.107. The highest BCUT2D eigenvalue weighted by Crippen LogP contribution is 2.38. The van der Waals surface area contributed by atoms with Gasteiger partial charge in [-0.1, -0.05) is 18.7 Å². The first-order valence-corrected chi connectivity index (χ1v) is 9.34. The maximum Gasteiger partial charge on any atom is 0.244 e. The van der Waals surface area contributed by atoms with Crippen LogP contribution in [0.15, 0.2) is 27.3 Å². The molecule has 0 amide bonds. The van der Waals surface area contributed by atoms with Crippen molar-refractivity contribution < 1.29 is 14.3 Å². The van der Waals surface area contributed by atoms with Crippen molar-refractivity contribution in [2.75, 3.05) is 19.5 Å². The second-order valence-electron chi connectivity index (χ2n) is 4.20. The SMILES string of the molecule is CCOc1cc(/C=C2\N=C(SCC)SC2=O)cc(Br)c1OC. The lowest BCUT2D eigenvalue weighted by atomic mass is 10.1. The second-order valence-corrected chi connectivity index (χ2v) is 7.52. The molecule has 2 rings (SSSR count). The lowest BCUT2D eigenvalue weighted by Crippen LogP contribution is -1.97. The Morgan fingerprint density at radius 1 is 1.41 bits per heavy atom. The number of halogens is 1. The second kappa shape index (κ2) is 8.08. The third kappa shape index (κ3) is 4.08. The number of carbonyl (C=O) groups excluding carboxylic acids is 1. The molecule has 22 heavy (non-hydrogen) atoms. The van der Waals surface area contributed by atoms with Gasteiger partial charge in [0.25, 0.3) is 0 Å². The molecule has 7 heteroatoms. The minimum absolute atomic E-state index is 0.0270. The van der Waals surface area contributed by atoms with E-state index in [4.69, 9.17) is 9.47 Å². The standard InChI is InChI=1S/C15H16BrNO3S2/c1-4-20-12-8-9(6-10(16)13(12)19-3)7-11-14(18)22-15(17-11)21-5-2/h6-8H,4-5H2,1-3H3/b11-7-. The lowest BCUT2D eigenvalue weighted by Gasteiger charge is -2.12. The Hall–Kier alpha value is -0.920. The van der Waals surface area contributed by atoms with E-state index in [2.05, 4.69) is 20.9 Å². The number of nitrogens with zero attached hydrogens (tertiary/aromatic N) is 1. The summed E-state index contributed by atoms with van der Waals surface area (Å²) in [6, 6.07) is 3.73. The van der Waals surface area contributed by atoms with Gasteiger partial charge in [0.1, 0.15) is 10.1 Å². The molecule has 0 radical (unpaired) electrons. The van der Waals surface area contributed by atoms with Crippen LogP contribution >= 0.6 is 39.5 Å². The molecule has 1 heterocycles. The van der Waals surface area contributed by atoms with Gasteiger partial charge >= 0.3 is 0 Å². The molecule has 4 nitrogen and oxygen atoms in total. The number of thioether (sulfide) groups is 2. The predicted octanol–water partition coefficient (Wildman–Crippen LogP) is 4.58. The van der Waals surface area contributed by atoms with Gasteiger partial charge in [-0.05, 0) is 64.1 Å². The van der Waals surface area contributed by atoms with E-state index in [0.29, 0.717) is 23.8 Å². The highest BCUT2D eigenvalue weighted by atomic mass is 79.9. The normalized spacial score (nSPS) is 16.1. The summed E-state index contributed by atoms with van der Waals surface area (Å²) in [6.07, 6.45) is 1.77. The van der Waals surface area contributed by atoms with Crippen LogP contribution in [-0.4, -0.2) is 29.0 Å². The maximum absolute atomic E-state index is 12.0. The van der Waals surface area contributed by atoms with Crippen molar-refractivity contribution in [2.24, 2.45) is 4.99 Å². The Kier molecular flexibility index (Phi) is 6.40. The van der Waals surface area contributed by atoms with E-state index in [9.17, 15) is 4.79 Å². The van der Waals surface area contributed by atoms with Gasteiger partial charge in [-0.15, -0.1) is 0 Å². The van der Waals surface area contributed by atoms with Gasteiger partial charge in [0, 0.05) is 0 Å². The molecule has 1 aliphatic heterocycles. The molecule has 0 saturated heterocycles. The minimum Gasteiger partial charge on any atom is -0.492 e. The van der Waals surface area contributed by atoms with Crippen LogP contribution < -0.4 is 9.47 Å². The third-order valence-electron chi connectivity index (χ3n) is 2.71. The summed E-state index contributed by atoms with van der Waals surface area (Å²) in [7, 11) is 1.59. The molecule has 0 N–H and O–H groups in total. The number of hydrogen-bond donors (Lipinski definition) is 0. The van der Waals surface area contributed by atoms with E-state index in [1.54, 1.807) is 24.9 Å². The van der Waals surface area contributed by atoms with Crippen molar-refractivity contribution >= 4 is 55.0 Å². The van der Waals surface area contributed by atoms with Crippen molar-refractivity contribution in [1.29, 1.82) is 0 Å². The molecule has 0 bridgehead atoms. The van der Waals surface area contributed by atoms with E-state index < -0.39 is 0 Å². The Balaban J connectivity index is 2.37. The number of methoxy groups -OCH3 is 1. The van der Waals surface area contributed by atoms with E-state index in [1.807, 2.05) is 26.0 Å². The van der Waals surface area contributed by atoms with E-state index >= 15 is 0 Å². The smallest absolute Gasteiger partial charge is 0.244 e. The fourth-order valence-corrected chi connectivity index (χ4v) is 4.22. The number of aliphatic imine (C=N–C) groups is 1. The average Bonchev–Trinajstić information content (AvgIpc) is 2.79. The molecule has 0 spiro atoms. The molecule has 1 aromatic rings. The quantitative estimate of drug-likeness (QED) is 0.675. The zero-order valence-electron chi connectivity index (χ0n) is 12.5. The van der Waals surface area contributed by atoms with Gasteiger partial charge in [-0.3, -0.25) is 4.79 Å². The van der Waals surface area contributed by atoms with Gasteiger partial charge in [0.05, 0.1) is 18.2 Å². The van der Waals surface area contributed by atoms with Gasteiger partial charge in [-0.25, -0.2) is 4.99 Å². The minimum atomic E-state index is -0.0270. The van der Waals surface area contributed by atoms with E-state index in [-0.39, 0.29) is 5.12 Å². The fraction of sp³-hybridized carbons (Fsp3) is 0.333. The van der Waals surface area contributed by atoms with Crippen molar-refractivity contribution in [3.63, 3.8) is 0 Å². The van der Waals surface area contributed by atoms with Crippen molar-refractivity contribution in [2.45, 2.75) is 13.8 Å². The number of carbonyl (C=O) groups is 1. The van der Waals surface area contributed by atoms with Crippen LogP contribution in [0.5, 0.6) is 11.5 Å². The summed E-state index contributed by atoms with van der Waals surface area (Å²) in [5, 5.41) is -0.0270. The number of benzene rings is 1. The Morgan fingerprint density at radius 2 is 2.18 bits per heavy atom. The zero-order valence-corrected chi connectivity index (χ0v) is 15.7. The van der Waals surface area contributed by atoms with Crippen LogP contribution in [0.1, 0.15) is 19.4 Å². The largest absolute Gasteiger partial charge is 0.492 e. The maximum atomic E-state index is 12.0. The molecule has 0 aliphatic carbocycles. The van der Waals surface area contributed by atoms with E-state index in [1.165, 1.54) is 11.8 Å². The molecule has 0 saturated carbocycles. The summed E-state index contributed by atoms with van der Waals surface area (Å²) in [5.41, 5.74) is 1.30. The molecular weight excluding hydrogens is 386 g/mol. The summed E-state index contributed by atoms with van der Waals surface area (Å²) >= 11 is 6.22. The Bertz CT molecular complexity index is 644. The number of rotatable bonds is 5. The molecule has 1 aliphatic rings. The zero-order chi connectivity index (χ0) is 16.1. The topological polar surface area (TPSA) is 47.9 Å². The molecule has 0 aromatic heterocycles. The third-order valence-corrected chi connectivity index (χ3v) is 5.19. The monoisotopic (exact) mass is 401 g/mol. The van der Waals surface area contributed by atoms with Gasteiger partial charge in [-0.2, -0.15) is 0 Å². The Morgan fingerprint density at radius 3 is 2.82 bits per heavy atom. The van der Waals surface area contributed by atoms with Gasteiger partial charge < -0.3 is 9.47 Å². The first kappa shape index (κ1) is 17.4.